The van der Waals surface area contributed by atoms with Gasteiger partial charge in [0.05, 0.1) is 6.42 Å². The molecule has 3 aromatic rings. The molecule has 0 aromatic heterocycles. The van der Waals surface area contributed by atoms with Gasteiger partial charge in [0, 0.05) is 17.2 Å². The minimum atomic E-state index is -1.00. The van der Waals surface area contributed by atoms with Crippen LogP contribution in [0.25, 0.3) is 0 Å². The first-order chi connectivity index (χ1) is 17.9. The first-order valence-electron chi connectivity index (χ1n) is 11.6. The van der Waals surface area contributed by atoms with Gasteiger partial charge < -0.3 is 25.2 Å². The number of nitrogens with zero attached hydrogens (tertiary/aromatic N) is 1. The number of benzene rings is 3. The van der Waals surface area contributed by atoms with Crippen LogP contribution in [-0.4, -0.2) is 36.8 Å². The Morgan fingerprint density at radius 2 is 1.70 bits per heavy atom. The van der Waals surface area contributed by atoms with E-state index in [0.717, 1.165) is 16.7 Å². The van der Waals surface area contributed by atoms with Gasteiger partial charge in [0.15, 0.2) is 0 Å². The molecule has 3 aromatic carbocycles. The topological polar surface area (TPSA) is 120 Å². The Morgan fingerprint density at radius 3 is 2.32 bits per heavy atom. The molecule has 192 valence electrons. The monoisotopic (exact) mass is 502 g/mol. The molecular weight excluding hydrogens is 472 g/mol. The fraction of sp³-hybridized carbons (Fsp3) is 0.207. The van der Waals surface area contributed by atoms with E-state index in [1.807, 2.05) is 55.5 Å². The van der Waals surface area contributed by atoms with Crippen LogP contribution in [0.15, 0.2) is 89.7 Å². The van der Waals surface area contributed by atoms with E-state index in [1.54, 1.807) is 24.3 Å². The van der Waals surface area contributed by atoms with Gasteiger partial charge >= 0.3 is 5.97 Å². The van der Waals surface area contributed by atoms with Crippen LogP contribution < -0.4 is 15.2 Å². The minimum Gasteiger partial charge on any atom is -0.489 e. The van der Waals surface area contributed by atoms with E-state index >= 15 is 0 Å². The Bertz CT molecular complexity index is 1250. The Balaban J connectivity index is 1.57. The molecule has 3 rings (SSSR count). The van der Waals surface area contributed by atoms with Crippen LogP contribution in [-0.2, 0) is 21.0 Å². The lowest BCUT2D eigenvalue weighted by Crippen LogP contribution is -2.15. The highest BCUT2D eigenvalue weighted by molar-refractivity contribution is 6.01. The van der Waals surface area contributed by atoms with Gasteiger partial charge in [0.1, 0.15) is 43.8 Å². The molecule has 1 atom stereocenters. The quantitative estimate of drug-likeness (QED) is 0.152. The first-order valence-corrected chi connectivity index (χ1v) is 11.6. The van der Waals surface area contributed by atoms with E-state index in [4.69, 9.17) is 20.0 Å². The van der Waals surface area contributed by atoms with Crippen molar-refractivity contribution in [3.63, 3.8) is 0 Å². The molecule has 1 unspecified atom stereocenters. The molecule has 0 radical (unpaired) electrons. The standard InChI is InChI=1S/C29H30N2O6/c1-20-4-3-5-23(16-20)28(31-35-2)19-37-24-10-6-21(7-11-24)18-36-25-12-8-22(9-13-25)26(17-29(33)34)27(30)14-15-32/h3-16,26H,17-19,30H2,1-2H3,(H,33,34)/b27-14?,31-28+. The molecule has 8 nitrogen and oxygen atoms in total. The maximum absolute atomic E-state index is 11.2. The molecule has 0 fully saturated rings. The fourth-order valence-electron chi connectivity index (χ4n) is 3.69. The number of oxime groups is 1. The van der Waals surface area contributed by atoms with E-state index in [1.165, 1.54) is 13.2 Å². The number of hydrogen-bond acceptors (Lipinski definition) is 7. The number of carbonyl (C=O) groups is 2. The third kappa shape index (κ3) is 8.24. The summed E-state index contributed by atoms with van der Waals surface area (Å²) in [6.07, 6.45) is 1.52. The SMILES string of the molecule is CO/N=C(\COc1ccc(COc2ccc(C(CC(=O)O)C(N)=CC=O)cc2)cc1)c1cccc(C)c1. The summed E-state index contributed by atoms with van der Waals surface area (Å²) in [7, 11) is 1.51. The number of aliphatic carboxylic acids is 1. The zero-order chi connectivity index (χ0) is 26.6. The lowest BCUT2D eigenvalue weighted by atomic mass is 9.92. The van der Waals surface area contributed by atoms with Crippen molar-refractivity contribution in [1.82, 2.24) is 0 Å². The van der Waals surface area contributed by atoms with Crippen molar-refractivity contribution in [2.24, 2.45) is 10.9 Å². The molecule has 0 amide bonds. The summed E-state index contributed by atoms with van der Waals surface area (Å²) >= 11 is 0. The van der Waals surface area contributed by atoms with Crippen molar-refractivity contribution in [1.29, 1.82) is 0 Å². The summed E-state index contributed by atoms with van der Waals surface area (Å²) in [6, 6.07) is 22.5. The second-order valence-electron chi connectivity index (χ2n) is 8.33. The summed E-state index contributed by atoms with van der Waals surface area (Å²) in [5, 5.41) is 13.3. The molecular formula is C29H30N2O6. The molecule has 37 heavy (non-hydrogen) atoms. The molecule has 0 aliphatic rings. The summed E-state index contributed by atoms with van der Waals surface area (Å²) < 4.78 is 11.8. The van der Waals surface area contributed by atoms with Crippen molar-refractivity contribution in [2.75, 3.05) is 13.7 Å². The predicted molar refractivity (Wildman–Crippen MR) is 141 cm³/mol. The number of hydrogen-bond donors (Lipinski definition) is 2. The molecule has 8 heteroatoms. The zero-order valence-corrected chi connectivity index (χ0v) is 20.8. The van der Waals surface area contributed by atoms with Crippen molar-refractivity contribution in [2.45, 2.75) is 25.9 Å². The summed E-state index contributed by atoms with van der Waals surface area (Å²) in [6.45, 7) is 2.61. The number of aldehydes is 1. The Hall–Kier alpha value is -4.59. The normalized spacial score (nSPS) is 12.5. The van der Waals surface area contributed by atoms with Crippen molar-refractivity contribution in [3.8, 4) is 11.5 Å². The second-order valence-corrected chi connectivity index (χ2v) is 8.33. The summed E-state index contributed by atoms with van der Waals surface area (Å²) in [5.74, 6) is -0.285. The van der Waals surface area contributed by atoms with Gasteiger partial charge in [-0.05, 0) is 54.5 Å². The summed E-state index contributed by atoms with van der Waals surface area (Å²) in [5.41, 5.74) is 10.5. The number of rotatable bonds is 13. The molecule has 0 saturated heterocycles. The molecule has 0 aliphatic heterocycles. The maximum Gasteiger partial charge on any atom is 0.304 e. The van der Waals surface area contributed by atoms with Gasteiger partial charge in [-0.3, -0.25) is 9.59 Å². The Labute approximate surface area is 216 Å². The van der Waals surface area contributed by atoms with Crippen LogP contribution in [0.4, 0.5) is 0 Å². The molecule has 0 aliphatic carbocycles. The van der Waals surface area contributed by atoms with Gasteiger partial charge in [-0.2, -0.15) is 0 Å². The van der Waals surface area contributed by atoms with E-state index in [-0.39, 0.29) is 18.7 Å². The predicted octanol–water partition coefficient (Wildman–Crippen LogP) is 4.60. The van der Waals surface area contributed by atoms with Gasteiger partial charge in [0.2, 0.25) is 0 Å². The second kappa shape index (κ2) is 13.5. The third-order valence-corrected chi connectivity index (χ3v) is 5.58. The van der Waals surface area contributed by atoms with Gasteiger partial charge in [-0.15, -0.1) is 0 Å². The van der Waals surface area contributed by atoms with Crippen molar-refractivity contribution in [3.05, 3.63) is 107 Å². The fourth-order valence-corrected chi connectivity index (χ4v) is 3.69. The number of allylic oxidation sites excluding steroid dienone is 2. The van der Waals surface area contributed by atoms with Crippen LogP contribution in [0.3, 0.4) is 0 Å². The smallest absolute Gasteiger partial charge is 0.304 e. The molecule has 0 saturated carbocycles. The van der Waals surface area contributed by atoms with Crippen LogP contribution >= 0.6 is 0 Å². The Morgan fingerprint density at radius 1 is 1.03 bits per heavy atom. The van der Waals surface area contributed by atoms with Crippen molar-refractivity contribution < 1.29 is 29.0 Å². The minimum absolute atomic E-state index is 0.202. The van der Waals surface area contributed by atoms with Crippen molar-refractivity contribution >= 4 is 18.0 Å². The van der Waals surface area contributed by atoms with Crippen LogP contribution in [0, 0.1) is 6.92 Å². The lowest BCUT2D eigenvalue weighted by Gasteiger charge is -2.16. The van der Waals surface area contributed by atoms with Crippen LogP contribution in [0.5, 0.6) is 11.5 Å². The number of ether oxygens (including phenoxy) is 2. The highest BCUT2D eigenvalue weighted by atomic mass is 16.6. The van der Waals surface area contributed by atoms with E-state index in [2.05, 4.69) is 5.16 Å². The van der Waals surface area contributed by atoms with Gasteiger partial charge in [-0.25, -0.2) is 0 Å². The van der Waals surface area contributed by atoms with Crippen LogP contribution in [0.2, 0.25) is 0 Å². The molecule has 0 heterocycles. The largest absolute Gasteiger partial charge is 0.489 e. The van der Waals surface area contributed by atoms with Gasteiger partial charge in [-0.1, -0.05) is 53.2 Å². The third-order valence-electron chi connectivity index (χ3n) is 5.58. The average molecular weight is 503 g/mol. The van der Waals surface area contributed by atoms with E-state index < -0.39 is 11.9 Å². The maximum atomic E-state index is 11.2. The molecule has 3 N–H and O–H groups in total. The number of carboxylic acid groups (broad SMARTS) is 1. The number of carboxylic acids is 1. The van der Waals surface area contributed by atoms with E-state index in [0.29, 0.717) is 35.7 Å². The van der Waals surface area contributed by atoms with Crippen LogP contribution in [0.1, 0.15) is 34.6 Å². The zero-order valence-electron chi connectivity index (χ0n) is 20.8. The van der Waals surface area contributed by atoms with E-state index in [9.17, 15) is 14.7 Å². The molecule has 0 spiro atoms. The lowest BCUT2D eigenvalue weighted by molar-refractivity contribution is -0.137. The number of carbonyl (C=O) groups excluding carboxylic acids is 1. The average Bonchev–Trinajstić information content (AvgIpc) is 2.89. The number of nitrogens with two attached hydrogens (primary N) is 1. The first kappa shape index (κ1) is 27.0. The number of aryl methyl sites for hydroxylation is 1. The van der Waals surface area contributed by atoms with Gasteiger partial charge in [0.25, 0.3) is 0 Å². The highest BCUT2D eigenvalue weighted by Gasteiger charge is 2.18. The molecule has 0 bridgehead atoms. The Kier molecular flexibility index (Phi) is 9.84. The highest BCUT2D eigenvalue weighted by Crippen LogP contribution is 2.27. The summed E-state index contributed by atoms with van der Waals surface area (Å²) in [4.78, 5) is 26.9.